The van der Waals surface area contributed by atoms with E-state index in [1.807, 2.05) is 13.0 Å². The highest BCUT2D eigenvalue weighted by Crippen LogP contribution is 2.33. The molecule has 4 rings (SSSR count). The molecule has 1 fully saturated rings. The van der Waals surface area contributed by atoms with E-state index in [0.29, 0.717) is 43.5 Å². The van der Waals surface area contributed by atoms with Crippen LogP contribution in [-0.2, 0) is 13.0 Å². The van der Waals surface area contributed by atoms with Crippen molar-refractivity contribution in [3.63, 3.8) is 0 Å². The van der Waals surface area contributed by atoms with Crippen LogP contribution in [0.5, 0.6) is 0 Å². The van der Waals surface area contributed by atoms with E-state index in [1.165, 1.54) is 11.8 Å². The predicted octanol–water partition coefficient (Wildman–Crippen LogP) is 3.46. The van der Waals surface area contributed by atoms with Gasteiger partial charge in [-0.15, -0.1) is 0 Å². The van der Waals surface area contributed by atoms with Crippen LogP contribution in [0.15, 0.2) is 47.4 Å². The number of aromatic nitrogens is 1. The highest BCUT2D eigenvalue weighted by Gasteiger charge is 2.36. The standard InChI is InChI=1S/C25H29FN4O3/c1-2-10-30-14-17(25(32)33)24(31)21-20(30)13-19(22(26)23(21)27)29-9-8-28-18-12-16(18)11-15-6-4-3-5-7-15/h3-7,13-14,16,18,28-29H,2,8-12,27H2,1H3,(H,32,33)/t16?,18-/m0/s1. The van der Waals surface area contributed by atoms with Crippen LogP contribution in [0.1, 0.15) is 35.7 Å². The second-order valence-electron chi connectivity index (χ2n) is 8.59. The first-order valence-corrected chi connectivity index (χ1v) is 11.3. The Bertz CT molecular complexity index is 1230. The highest BCUT2D eigenvalue weighted by molar-refractivity contribution is 5.99. The Morgan fingerprint density at radius 2 is 2.03 bits per heavy atom. The monoisotopic (exact) mass is 452 g/mol. The van der Waals surface area contributed by atoms with Gasteiger partial charge in [0.2, 0.25) is 5.43 Å². The zero-order valence-corrected chi connectivity index (χ0v) is 18.6. The molecule has 1 heterocycles. The highest BCUT2D eigenvalue weighted by atomic mass is 19.1. The van der Waals surface area contributed by atoms with Crippen molar-refractivity contribution in [2.24, 2.45) is 5.92 Å². The molecular formula is C25H29FN4O3. The number of aromatic carboxylic acids is 1. The molecule has 5 N–H and O–H groups in total. The van der Waals surface area contributed by atoms with Crippen LogP contribution in [0.25, 0.3) is 10.9 Å². The van der Waals surface area contributed by atoms with Gasteiger partial charge in [-0.3, -0.25) is 4.79 Å². The number of aryl methyl sites for hydroxylation is 1. The number of hydrogen-bond acceptors (Lipinski definition) is 5. The molecule has 0 bridgehead atoms. The number of benzene rings is 2. The zero-order chi connectivity index (χ0) is 23.5. The number of anilines is 2. The fourth-order valence-electron chi connectivity index (χ4n) is 4.35. The Kier molecular flexibility index (Phi) is 6.65. The summed E-state index contributed by atoms with van der Waals surface area (Å²) in [6, 6.07) is 12.4. The smallest absolute Gasteiger partial charge is 0.341 e. The maximum absolute atomic E-state index is 15.0. The van der Waals surface area contributed by atoms with Gasteiger partial charge in [0.25, 0.3) is 0 Å². The summed E-state index contributed by atoms with van der Waals surface area (Å²) in [5, 5.41) is 15.8. The lowest BCUT2D eigenvalue weighted by Crippen LogP contribution is -2.26. The normalized spacial score (nSPS) is 17.3. The summed E-state index contributed by atoms with van der Waals surface area (Å²) in [7, 11) is 0. The predicted molar refractivity (Wildman–Crippen MR) is 128 cm³/mol. The topological polar surface area (TPSA) is 109 Å². The minimum absolute atomic E-state index is 0.0914. The fraction of sp³-hybridized carbons (Fsp3) is 0.360. The lowest BCUT2D eigenvalue weighted by molar-refractivity contribution is 0.0695. The quantitative estimate of drug-likeness (QED) is 0.277. The van der Waals surface area contributed by atoms with E-state index in [4.69, 9.17) is 5.73 Å². The van der Waals surface area contributed by atoms with E-state index < -0.39 is 22.8 Å². The number of nitrogens with one attached hydrogen (secondary N) is 2. The van der Waals surface area contributed by atoms with Crippen LogP contribution in [-0.4, -0.2) is 34.8 Å². The molecule has 33 heavy (non-hydrogen) atoms. The van der Waals surface area contributed by atoms with Gasteiger partial charge in [0, 0.05) is 31.9 Å². The summed E-state index contributed by atoms with van der Waals surface area (Å²) in [6.07, 6.45) is 4.20. The van der Waals surface area contributed by atoms with E-state index in [2.05, 4.69) is 34.9 Å². The van der Waals surface area contributed by atoms with Crippen molar-refractivity contribution in [1.29, 1.82) is 0 Å². The van der Waals surface area contributed by atoms with Gasteiger partial charge in [-0.1, -0.05) is 37.3 Å². The van der Waals surface area contributed by atoms with Gasteiger partial charge in [0.1, 0.15) is 5.56 Å². The van der Waals surface area contributed by atoms with Crippen molar-refractivity contribution in [1.82, 2.24) is 9.88 Å². The molecule has 0 radical (unpaired) electrons. The molecule has 2 aromatic carbocycles. The lowest BCUT2D eigenvalue weighted by Gasteiger charge is -2.16. The summed E-state index contributed by atoms with van der Waals surface area (Å²) >= 11 is 0. The van der Waals surface area contributed by atoms with Crippen molar-refractivity contribution < 1.29 is 14.3 Å². The van der Waals surface area contributed by atoms with Crippen LogP contribution in [0.3, 0.4) is 0 Å². The average molecular weight is 453 g/mol. The molecule has 0 saturated heterocycles. The Morgan fingerprint density at radius 3 is 2.73 bits per heavy atom. The number of nitrogen functional groups attached to an aromatic ring is 1. The Balaban J connectivity index is 1.44. The number of halogens is 1. The molecule has 1 saturated carbocycles. The number of rotatable bonds is 10. The number of carbonyl (C=O) groups is 1. The molecule has 3 aromatic rings. The second kappa shape index (κ2) is 9.62. The van der Waals surface area contributed by atoms with Gasteiger partial charge >= 0.3 is 5.97 Å². The molecule has 7 nitrogen and oxygen atoms in total. The van der Waals surface area contributed by atoms with Gasteiger partial charge in [0.15, 0.2) is 5.82 Å². The Morgan fingerprint density at radius 1 is 1.27 bits per heavy atom. The van der Waals surface area contributed by atoms with Crippen molar-refractivity contribution >= 4 is 28.2 Å². The first-order chi connectivity index (χ1) is 15.9. The number of pyridine rings is 1. The lowest BCUT2D eigenvalue weighted by atomic mass is 10.1. The van der Waals surface area contributed by atoms with E-state index in [0.717, 1.165) is 12.8 Å². The molecule has 0 aliphatic heterocycles. The van der Waals surface area contributed by atoms with E-state index in [1.54, 1.807) is 10.6 Å². The first-order valence-electron chi connectivity index (χ1n) is 11.3. The Labute approximate surface area is 191 Å². The fourth-order valence-corrected chi connectivity index (χ4v) is 4.35. The summed E-state index contributed by atoms with van der Waals surface area (Å²) in [6.45, 7) is 3.56. The summed E-state index contributed by atoms with van der Waals surface area (Å²) < 4.78 is 16.6. The number of nitrogens with two attached hydrogens (primary N) is 1. The molecular weight excluding hydrogens is 423 g/mol. The van der Waals surface area contributed by atoms with E-state index >= 15 is 0 Å². The molecule has 174 valence electrons. The van der Waals surface area contributed by atoms with Gasteiger partial charge in [0.05, 0.1) is 22.3 Å². The summed E-state index contributed by atoms with van der Waals surface area (Å²) in [5.41, 5.74) is 6.42. The van der Waals surface area contributed by atoms with Crippen LogP contribution < -0.4 is 21.8 Å². The van der Waals surface area contributed by atoms with Crippen molar-refractivity contribution in [3.05, 3.63) is 69.8 Å². The van der Waals surface area contributed by atoms with Crippen molar-refractivity contribution in [2.45, 2.75) is 38.8 Å². The SMILES string of the molecule is CCCn1cc(C(=O)O)c(=O)c2c(N)c(F)c(NCCN[C@H]3CC3Cc3ccccc3)cc21. The largest absolute Gasteiger partial charge is 0.477 e. The zero-order valence-electron chi connectivity index (χ0n) is 18.6. The molecule has 1 unspecified atom stereocenters. The minimum Gasteiger partial charge on any atom is -0.477 e. The van der Waals surface area contributed by atoms with Crippen LogP contribution in [0, 0.1) is 11.7 Å². The van der Waals surface area contributed by atoms with Crippen LogP contribution >= 0.6 is 0 Å². The number of fused-ring (bicyclic) bond motifs is 1. The number of carboxylic acid groups (broad SMARTS) is 1. The first kappa shape index (κ1) is 22.8. The molecule has 1 aromatic heterocycles. The number of nitrogens with zero attached hydrogens (tertiary/aromatic N) is 1. The van der Waals surface area contributed by atoms with Crippen LogP contribution in [0.2, 0.25) is 0 Å². The Hall–Kier alpha value is -3.39. The van der Waals surface area contributed by atoms with Crippen molar-refractivity contribution in [3.8, 4) is 0 Å². The average Bonchev–Trinajstić information content (AvgIpc) is 3.53. The summed E-state index contributed by atoms with van der Waals surface area (Å²) in [4.78, 5) is 24.1. The third-order valence-corrected chi connectivity index (χ3v) is 6.15. The minimum atomic E-state index is -1.36. The molecule has 0 amide bonds. The van der Waals surface area contributed by atoms with Gasteiger partial charge < -0.3 is 26.0 Å². The molecule has 8 heteroatoms. The van der Waals surface area contributed by atoms with Crippen LogP contribution in [0.4, 0.5) is 15.8 Å². The molecule has 2 atom stereocenters. The molecule has 1 aliphatic carbocycles. The molecule has 0 spiro atoms. The maximum Gasteiger partial charge on any atom is 0.341 e. The van der Waals surface area contributed by atoms with Crippen molar-refractivity contribution in [2.75, 3.05) is 24.1 Å². The summed E-state index contributed by atoms with van der Waals surface area (Å²) in [5.74, 6) is -1.48. The van der Waals surface area contributed by atoms with E-state index in [-0.39, 0.29) is 16.8 Å². The van der Waals surface area contributed by atoms with Gasteiger partial charge in [-0.2, -0.15) is 0 Å². The number of hydrogen-bond donors (Lipinski definition) is 4. The third-order valence-electron chi connectivity index (χ3n) is 6.15. The van der Waals surface area contributed by atoms with E-state index in [9.17, 15) is 19.1 Å². The second-order valence-corrected chi connectivity index (χ2v) is 8.59. The number of carboxylic acids is 1. The van der Waals surface area contributed by atoms with Gasteiger partial charge in [-0.25, -0.2) is 9.18 Å². The van der Waals surface area contributed by atoms with Gasteiger partial charge in [-0.05, 0) is 36.8 Å². The third kappa shape index (κ3) is 4.85. The molecule has 1 aliphatic rings. The maximum atomic E-state index is 15.0.